The molecule has 1 N–H and O–H groups in total. The van der Waals surface area contributed by atoms with Gasteiger partial charge in [0.1, 0.15) is 6.04 Å². The lowest BCUT2D eigenvalue weighted by molar-refractivity contribution is -0.148. The molecule has 0 aliphatic rings. The number of rotatable bonds is 11. The van der Waals surface area contributed by atoms with Gasteiger partial charge in [0.05, 0.1) is 13.7 Å². The number of carbonyl (C=O) groups is 2. The molecule has 0 radical (unpaired) electrons. The summed E-state index contributed by atoms with van der Waals surface area (Å²) in [6.07, 6.45) is 5.44. The van der Waals surface area contributed by atoms with Crippen LogP contribution in [0.4, 0.5) is 0 Å². The molecule has 1 atom stereocenters. The molecule has 6 nitrogen and oxygen atoms in total. The number of methoxy groups -OCH3 is 1. The SMILES string of the molecule is CCCCOc1ccc(C=CC(=O)N(C)[C@H](CC(C)C)C(=O)O)cc1OC. The maximum absolute atomic E-state index is 12.4. The number of benzene rings is 1. The number of hydrogen-bond donors (Lipinski definition) is 1. The highest BCUT2D eigenvalue weighted by Crippen LogP contribution is 2.28. The maximum atomic E-state index is 12.4. The molecule has 0 saturated carbocycles. The maximum Gasteiger partial charge on any atom is 0.326 e. The molecule has 1 rings (SSSR count). The van der Waals surface area contributed by atoms with Crippen LogP contribution in [-0.2, 0) is 9.59 Å². The molecule has 1 amide bonds. The van der Waals surface area contributed by atoms with Crippen molar-refractivity contribution in [1.82, 2.24) is 4.90 Å². The van der Waals surface area contributed by atoms with Gasteiger partial charge < -0.3 is 19.5 Å². The second kappa shape index (κ2) is 11.3. The number of carbonyl (C=O) groups excluding carboxylic acids is 1. The standard InChI is InChI=1S/C21H31NO5/c1-6-7-12-27-18-10-8-16(14-19(18)26-5)9-11-20(23)22(4)17(21(24)25)13-15(2)3/h8-11,14-15,17H,6-7,12-13H2,1-5H3,(H,24,25)/t17-/m1/s1. The average Bonchev–Trinajstić information content (AvgIpc) is 2.64. The molecule has 150 valence electrons. The van der Waals surface area contributed by atoms with Crippen molar-refractivity contribution < 1.29 is 24.2 Å². The van der Waals surface area contributed by atoms with Crippen molar-refractivity contribution in [2.45, 2.75) is 46.1 Å². The monoisotopic (exact) mass is 377 g/mol. The first-order chi connectivity index (χ1) is 12.8. The average molecular weight is 377 g/mol. The summed E-state index contributed by atoms with van der Waals surface area (Å²) in [5.41, 5.74) is 0.771. The number of carboxylic acid groups (broad SMARTS) is 1. The Bertz CT molecular complexity index is 654. The van der Waals surface area contributed by atoms with Gasteiger partial charge in [-0.05, 0) is 42.5 Å². The fourth-order valence-corrected chi connectivity index (χ4v) is 2.54. The Balaban J connectivity index is 2.85. The van der Waals surface area contributed by atoms with Gasteiger partial charge in [0.25, 0.3) is 0 Å². The number of carboxylic acids is 1. The molecule has 0 unspecified atom stereocenters. The fourth-order valence-electron chi connectivity index (χ4n) is 2.54. The van der Waals surface area contributed by atoms with Gasteiger partial charge in [-0.3, -0.25) is 4.79 Å². The number of amides is 1. The Labute approximate surface area is 161 Å². The quantitative estimate of drug-likeness (QED) is 0.468. The molecule has 1 aromatic rings. The van der Waals surface area contributed by atoms with Crippen LogP contribution >= 0.6 is 0 Å². The molecule has 0 fully saturated rings. The Kier molecular flexibility index (Phi) is 9.40. The Morgan fingerprint density at radius 3 is 2.52 bits per heavy atom. The Hall–Kier alpha value is -2.50. The molecule has 0 aliphatic heterocycles. The zero-order valence-electron chi connectivity index (χ0n) is 16.9. The summed E-state index contributed by atoms with van der Waals surface area (Å²) in [7, 11) is 3.08. The zero-order chi connectivity index (χ0) is 20.4. The minimum absolute atomic E-state index is 0.176. The van der Waals surface area contributed by atoms with Crippen molar-refractivity contribution in [2.75, 3.05) is 20.8 Å². The number of nitrogens with zero attached hydrogens (tertiary/aromatic N) is 1. The van der Waals surface area contributed by atoms with E-state index in [9.17, 15) is 14.7 Å². The van der Waals surface area contributed by atoms with Gasteiger partial charge in [-0.25, -0.2) is 4.79 Å². The zero-order valence-corrected chi connectivity index (χ0v) is 16.9. The summed E-state index contributed by atoms with van der Waals surface area (Å²) in [5, 5.41) is 9.37. The van der Waals surface area contributed by atoms with Crippen molar-refractivity contribution in [3.63, 3.8) is 0 Å². The van der Waals surface area contributed by atoms with Gasteiger partial charge >= 0.3 is 5.97 Å². The molecule has 1 aromatic carbocycles. The number of ether oxygens (including phenoxy) is 2. The number of likely N-dealkylation sites (N-methyl/N-ethyl adjacent to an activating group) is 1. The van der Waals surface area contributed by atoms with Crippen LogP contribution in [0.1, 0.15) is 45.6 Å². The summed E-state index contributed by atoms with van der Waals surface area (Å²) in [6, 6.07) is 4.58. The van der Waals surface area contributed by atoms with Crippen LogP contribution in [0.2, 0.25) is 0 Å². The second-order valence-corrected chi connectivity index (χ2v) is 6.88. The molecule has 6 heteroatoms. The highest BCUT2D eigenvalue weighted by atomic mass is 16.5. The van der Waals surface area contributed by atoms with Crippen molar-refractivity contribution >= 4 is 18.0 Å². The first kappa shape index (κ1) is 22.5. The van der Waals surface area contributed by atoms with Gasteiger partial charge in [-0.2, -0.15) is 0 Å². The van der Waals surface area contributed by atoms with E-state index in [1.807, 2.05) is 19.9 Å². The third-order valence-electron chi connectivity index (χ3n) is 4.16. The second-order valence-electron chi connectivity index (χ2n) is 6.88. The predicted molar refractivity (Wildman–Crippen MR) is 106 cm³/mol. The highest BCUT2D eigenvalue weighted by Gasteiger charge is 2.26. The molecule has 0 spiro atoms. The highest BCUT2D eigenvalue weighted by molar-refractivity contribution is 5.94. The minimum Gasteiger partial charge on any atom is -0.493 e. The van der Waals surface area contributed by atoms with E-state index < -0.39 is 12.0 Å². The molecule has 0 aliphatic carbocycles. The van der Waals surface area contributed by atoms with Crippen LogP contribution in [-0.4, -0.2) is 48.7 Å². The normalized spacial score (nSPS) is 12.2. The van der Waals surface area contributed by atoms with Crippen molar-refractivity contribution in [1.29, 1.82) is 0 Å². The summed E-state index contributed by atoms with van der Waals surface area (Å²) in [4.78, 5) is 25.1. The van der Waals surface area contributed by atoms with Gasteiger partial charge in [0.2, 0.25) is 5.91 Å². The van der Waals surface area contributed by atoms with Crippen molar-refractivity contribution in [3.8, 4) is 11.5 Å². The molecule has 0 heterocycles. The van der Waals surface area contributed by atoms with E-state index in [0.29, 0.717) is 24.5 Å². The van der Waals surface area contributed by atoms with E-state index in [-0.39, 0.29) is 11.8 Å². The number of aliphatic carboxylic acids is 1. The minimum atomic E-state index is -0.997. The van der Waals surface area contributed by atoms with Gasteiger partial charge in [0.15, 0.2) is 11.5 Å². The summed E-state index contributed by atoms with van der Waals surface area (Å²) in [6.45, 7) is 6.58. The first-order valence-corrected chi connectivity index (χ1v) is 9.28. The summed E-state index contributed by atoms with van der Waals surface area (Å²) >= 11 is 0. The van der Waals surface area contributed by atoms with Crippen molar-refractivity contribution in [3.05, 3.63) is 29.8 Å². The van der Waals surface area contributed by atoms with E-state index in [4.69, 9.17) is 9.47 Å². The van der Waals surface area contributed by atoms with Crippen LogP contribution in [0.25, 0.3) is 6.08 Å². The molecular weight excluding hydrogens is 346 g/mol. The largest absolute Gasteiger partial charge is 0.493 e. The van der Waals surface area contributed by atoms with E-state index in [1.54, 1.807) is 25.3 Å². The Morgan fingerprint density at radius 1 is 1.26 bits per heavy atom. The van der Waals surface area contributed by atoms with Gasteiger partial charge in [0, 0.05) is 13.1 Å². The van der Waals surface area contributed by atoms with Crippen LogP contribution in [0.15, 0.2) is 24.3 Å². The predicted octanol–water partition coefficient (Wildman–Crippen LogP) is 3.85. The third-order valence-corrected chi connectivity index (χ3v) is 4.16. The van der Waals surface area contributed by atoms with E-state index in [0.717, 1.165) is 18.4 Å². The molecule has 27 heavy (non-hydrogen) atoms. The van der Waals surface area contributed by atoms with Crippen LogP contribution in [0.3, 0.4) is 0 Å². The lowest BCUT2D eigenvalue weighted by Crippen LogP contribution is -2.42. The molecule has 0 saturated heterocycles. The van der Waals surface area contributed by atoms with E-state index in [2.05, 4.69) is 6.92 Å². The summed E-state index contributed by atoms with van der Waals surface area (Å²) < 4.78 is 11.0. The van der Waals surface area contributed by atoms with Crippen LogP contribution in [0, 0.1) is 5.92 Å². The molecule has 0 bridgehead atoms. The van der Waals surface area contributed by atoms with Gasteiger partial charge in [-0.15, -0.1) is 0 Å². The fraction of sp³-hybridized carbons (Fsp3) is 0.524. The smallest absolute Gasteiger partial charge is 0.326 e. The summed E-state index contributed by atoms with van der Waals surface area (Å²) in [5.74, 6) is 0.0787. The third kappa shape index (κ3) is 7.33. The van der Waals surface area contributed by atoms with E-state index >= 15 is 0 Å². The number of hydrogen-bond acceptors (Lipinski definition) is 4. The molecular formula is C21H31NO5. The molecule has 0 aromatic heterocycles. The Morgan fingerprint density at radius 2 is 1.96 bits per heavy atom. The van der Waals surface area contributed by atoms with Crippen LogP contribution < -0.4 is 9.47 Å². The topological polar surface area (TPSA) is 76.1 Å². The van der Waals surface area contributed by atoms with Gasteiger partial charge in [-0.1, -0.05) is 33.3 Å². The van der Waals surface area contributed by atoms with E-state index in [1.165, 1.54) is 18.0 Å². The first-order valence-electron chi connectivity index (χ1n) is 9.28. The van der Waals surface area contributed by atoms with Crippen LogP contribution in [0.5, 0.6) is 11.5 Å². The number of unbranched alkanes of at least 4 members (excludes halogenated alkanes) is 1. The van der Waals surface area contributed by atoms with Crippen molar-refractivity contribution in [2.24, 2.45) is 5.92 Å². The lowest BCUT2D eigenvalue weighted by atomic mass is 10.0. The lowest BCUT2D eigenvalue weighted by Gasteiger charge is -2.25.